The smallest absolute Gasteiger partial charge is 1.00 e. The minimum absolute atomic E-state index is 0. The number of carboxylic acid groups (broad SMARTS) is 1. The summed E-state index contributed by atoms with van der Waals surface area (Å²) in [5, 5.41) is 8.53. The van der Waals surface area contributed by atoms with Crippen LogP contribution in [0.4, 0.5) is 0 Å². The minimum atomic E-state index is -1.24. The van der Waals surface area contributed by atoms with Gasteiger partial charge < -0.3 is 6.53 Å². The number of aromatic carboxylic acids is 1. The van der Waals surface area contributed by atoms with Crippen molar-refractivity contribution in [3.8, 4) is 0 Å². The van der Waals surface area contributed by atoms with Crippen molar-refractivity contribution in [2.24, 2.45) is 0 Å². The van der Waals surface area contributed by atoms with Crippen molar-refractivity contribution in [3.63, 3.8) is 0 Å². The number of carbonyl (C=O) groups is 1. The monoisotopic (exact) mass is 249 g/mol. The summed E-state index contributed by atoms with van der Waals surface area (Å²) in [5.74, 6) is -1.24. The molecule has 0 aliphatic carbocycles. The molecule has 66 valence electrons. The molecule has 1 aromatic heterocycles. The number of carboxylic acids is 1. The molecule has 0 fully saturated rings. The van der Waals surface area contributed by atoms with Crippen LogP contribution in [-0.2, 0) is 0 Å². The van der Waals surface area contributed by atoms with Gasteiger partial charge >= 0.3 is 35.5 Å². The first kappa shape index (κ1) is 13.5. The topological polar surface area (TPSA) is 50.2 Å². The van der Waals surface area contributed by atoms with Crippen LogP contribution in [0.25, 0.3) is 0 Å². The molecule has 0 amide bonds. The van der Waals surface area contributed by atoms with E-state index in [-0.39, 0.29) is 51.7 Å². The molecule has 7 heteroatoms. The number of halogens is 3. The maximum absolute atomic E-state index is 10.4. The van der Waals surface area contributed by atoms with Crippen LogP contribution in [0.5, 0.6) is 0 Å². The molecular weight excluding hydrogens is 247 g/mol. The van der Waals surface area contributed by atoms with E-state index in [2.05, 4.69) is 4.98 Å². The van der Waals surface area contributed by atoms with E-state index in [4.69, 9.17) is 39.9 Å². The number of hydrogen-bond acceptors (Lipinski definition) is 2. The summed E-state index contributed by atoms with van der Waals surface area (Å²) >= 11 is 16.6. The van der Waals surface area contributed by atoms with E-state index in [0.29, 0.717) is 0 Å². The fraction of sp³-hybridized carbons (Fsp3) is 0. The Balaban J connectivity index is 0. The maximum Gasteiger partial charge on any atom is 1.00 e. The Morgan fingerprint density at radius 3 is 2.38 bits per heavy atom. The third kappa shape index (κ3) is 2.98. The van der Waals surface area contributed by atoms with Crippen molar-refractivity contribution in [2.75, 3.05) is 0 Å². The van der Waals surface area contributed by atoms with Crippen molar-refractivity contribution < 1.29 is 40.9 Å². The number of rotatable bonds is 1. The molecule has 1 rings (SSSR count). The molecular formula is C6H3Cl3NNaO2. The summed E-state index contributed by atoms with van der Waals surface area (Å²) < 4.78 is 0. The van der Waals surface area contributed by atoms with Crippen LogP contribution < -0.4 is 29.6 Å². The molecule has 1 N–H and O–H groups in total. The Bertz CT molecular complexity index is 350. The van der Waals surface area contributed by atoms with Crippen LogP contribution in [-0.4, -0.2) is 16.1 Å². The number of pyridine rings is 1. The van der Waals surface area contributed by atoms with E-state index in [0.717, 1.165) is 6.20 Å². The van der Waals surface area contributed by atoms with Crippen molar-refractivity contribution in [2.45, 2.75) is 0 Å². The Kier molecular flexibility index (Phi) is 5.59. The summed E-state index contributed by atoms with van der Waals surface area (Å²) in [4.78, 5) is 13.9. The molecule has 0 radical (unpaired) electrons. The first-order valence-electron chi connectivity index (χ1n) is 2.77. The molecule has 3 nitrogen and oxygen atoms in total. The average molecular weight is 250 g/mol. The maximum atomic E-state index is 10.4. The van der Waals surface area contributed by atoms with Gasteiger partial charge in [-0.05, 0) is 0 Å². The van der Waals surface area contributed by atoms with E-state index in [1.807, 2.05) is 0 Å². The molecule has 1 heterocycles. The van der Waals surface area contributed by atoms with Gasteiger partial charge in [-0.25, -0.2) is 9.78 Å². The van der Waals surface area contributed by atoms with E-state index in [9.17, 15) is 4.79 Å². The van der Waals surface area contributed by atoms with Gasteiger partial charge in [-0.3, -0.25) is 0 Å². The third-order valence-corrected chi connectivity index (χ3v) is 2.36. The third-order valence-electron chi connectivity index (χ3n) is 1.12. The van der Waals surface area contributed by atoms with E-state index >= 15 is 0 Å². The van der Waals surface area contributed by atoms with E-state index in [1.165, 1.54) is 0 Å². The summed E-state index contributed by atoms with van der Waals surface area (Å²) in [5.41, 5.74) is -0.300. The summed E-state index contributed by atoms with van der Waals surface area (Å²) in [6.07, 6.45) is 1.14. The molecule has 0 atom stereocenters. The van der Waals surface area contributed by atoms with Gasteiger partial charge in [0.2, 0.25) is 0 Å². The van der Waals surface area contributed by atoms with Gasteiger partial charge in [0.05, 0.1) is 15.1 Å². The zero-order chi connectivity index (χ0) is 9.30. The van der Waals surface area contributed by atoms with Crippen molar-refractivity contribution in [1.82, 2.24) is 4.98 Å². The Morgan fingerprint density at radius 2 is 1.92 bits per heavy atom. The number of hydrogen-bond donors (Lipinski definition) is 1. The van der Waals surface area contributed by atoms with Crippen LogP contribution in [0.1, 0.15) is 11.9 Å². The van der Waals surface area contributed by atoms with Gasteiger partial charge in [-0.2, -0.15) is 0 Å². The summed E-state index contributed by atoms with van der Waals surface area (Å²) in [6, 6.07) is 0. The molecule has 0 saturated heterocycles. The van der Waals surface area contributed by atoms with Crippen LogP contribution in [0.3, 0.4) is 0 Å². The second kappa shape index (κ2) is 5.39. The molecule has 0 unspecified atom stereocenters. The number of aromatic nitrogens is 1. The zero-order valence-corrected chi connectivity index (χ0v) is 10.8. The van der Waals surface area contributed by atoms with Gasteiger partial charge in [0.15, 0.2) is 5.69 Å². The zero-order valence-electron chi connectivity index (χ0n) is 7.51. The molecule has 0 aliphatic heterocycles. The molecule has 0 aromatic carbocycles. The normalized spacial score (nSPS) is 9.15. The number of nitrogens with zero attached hydrogens (tertiary/aromatic N) is 1. The second-order valence-corrected chi connectivity index (χ2v) is 3.05. The molecule has 0 spiro atoms. The van der Waals surface area contributed by atoms with E-state index in [1.54, 1.807) is 0 Å². The fourth-order valence-corrected chi connectivity index (χ4v) is 1.15. The van der Waals surface area contributed by atoms with Gasteiger partial charge in [0.1, 0.15) is 0 Å². The van der Waals surface area contributed by atoms with Crippen LogP contribution in [0.2, 0.25) is 15.1 Å². The van der Waals surface area contributed by atoms with Crippen molar-refractivity contribution >= 4 is 40.8 Å². The predicted molar refractivity (Wildman–Crippen MR) is 47.3 cm³/mol. The van der Waals surface area contributed by atoms with Crippen LogP contribution >= 0.6 is 34.8 Å². The quantitative estimate of drug-likeness (QED) is 0.706. The first-order chi connectivity index (χ1) is 5.54. The molecule has 1 aromatic rings. The first-order valence-corrected chi connectivity index (χ1v) is 3.90. The van der Waals surface area contributed by atoms with Gasteiger partial charge in [0, 0.05) is 6.20 Å². The second-order valence-electron chi connectivity index (χ2n) is 1.89. The predicted octanol–water partition coefficient (Wildman–Crippen LogP) is -0.144. The fourth-order valence-electron chi connectivity index (χ4n) is 0.592. The SMILES string of the molecule is O=C(O)c1ncc(Cl)c(Cl)c1Cl.[H-].[Na+]. The van der Waals surface area contributed by atoms with Gasteiger partial charge in [-0.1, -0.05) is 34.8 Å². The van der Waals surface area contributed by atoms with Gasteiger partial charge in [0.25, 0.3) is 0 Å². The molecule has 13 heavy (non-hydrogen) atoms. The Labute approximate surface area is 113 Å². The van der Waals surface area contributed by atoms with Crippen molar-refractivity contribution in [1.29, 1.82) is 0 Å². The summed E-state index contributed by atoms with van der Waals surface area (Å²) in [7, 11) is 0. The minimum Gasteiger partial charge on any atom is -1.00 e. The standard InChI is InChI=1S/C6H2Cl3NO2.Na.H/c7-2-1-10-5(6(11)12)4(9)3(2)8;;/h1H,(H,11,12);;/q;+1;-1. The molecule has 0 saturated carbocycles. The van der Waals surface area contributed by atoms with Crippen LogP contribution in [0.15, 0.2) is 6.20 Å². The molecule has 0 bridgehead atoms. The largest absolute Gasteiger partial charge is 1.00 e. The Hall–Kier alpha value is 0.490. The van der Waals surface area contributed by atoms with Crippen molar-refractivity contribution in [3.05, 3.63) is 27.0 Å². The molecule has 0 aliphatic rings. The summed E-state index contributed by atoms with van der Waals surface area (Å²) in [6.45, 7) is 0. The van der Waals surface area contributed by atoms with Crippen LogP contribution in [0, 0.1) is 0 Å². The van der Waals surface area contributed by atoms with E-state index < -0.39 is 5.97 Å². The van der Waals surface area contributed by atoms with Gasteiger partial charge in [-0.15, -0.1) is 0 Å². The Morgan fingerprint density at radius 1 is 1.38 bits per heavy atom. The average Bonchev–Trinajstić information content (AvgIpc) is 2.00.